The number of amides is 4. The number of nitrogens with zero attached hydrogens (tertiary/aromatic N) is 1. The first-order valence-corrected chi connectivity index (χ1v) is 11.4. The third-order valence-corrected chi connectivity index (χ3v) is 6.35. The van der Waals surface area contributed by atoms with E-state index in [4.69, 9.17) is 20.0 Å². The average Bonchev–Trinajstić information content (AvgIpc) is 3.06. The van der Waals surface area contributed by atoms with E-state index in [0.29, 0.717) is 5.06 Å². The van der Waals surface area contributed by atoms with Gasteiger partial charge in [0.15, 0.2) is 6.29 Å². The SMILES string of the molecule is CC(=O)NC1C(OCCCC(=O)ON2C(=O)CCC2=O)OC(CNC(=O)C(C)[NH-])C(C)C1(C)C.[Y]. The van der Waals surface area contributed by atoms with Crippen molar-refractivity contribution in [3.8, 4) is 0 Å². The Morgan fingerprint density at radius 1 is 1.23 bits per heavy atom. The second-order valence-electron chi connectivity index (χ2n) is 9.32. The number of carbonyl (C=O) groups excluding carboxylic acids is 5. The van der Waals surface area contributed by atoms with Gasteiger partial charge in [0.2, 0.25) is 11.8 Å². The predicted octanol–water partition coefficient (Wildman–Crippen LogP) is 0.837. The van der Waals surface area contributed by atoms with Crippen molar-refractivity contribution in [3.05, 3.63) is 5.73 Å². The molecule has 0 aromatic heterocycles. The fourth-order valence-corrected chi connectivity index (χ4v) is 3.89. The van der Waals surface area contributed by atoms with Gasteiger partial charge in [0.25, 0.3) is 11.8 Å². The quantitative estimate of drug-likeness (QED) is 0.287. The van der Waals surface area contributed by atoms with Crippen LogP contribution in [0.25, 0.3) is 5.73 Å². The monoisotopic (exact) mass is 572 g/mol. The Labute approximate surface area is 230 Å². The molecule has 2 aliphatic heterocycles. The van der Waals surface area contributed by atoms with Gasteiger partial charge < -0.3 is 30.7 Å². The molecule has 4 amide bonds. The number of carbonyl (C=O) groups is 5. The average molecular weight is 572 g/mol. The Morgan fingerprint density at radius 3 is 2.37 bits per heavy atom. The summed E-state index contributed by atoms with van der Waals surface area (Å²) in [6, 6.07) is -1.40. The topological polar surface area (TPSA) is 164 Å². The first kappa shape index (κ1) is 31.6. The van der Waals surface area contributed by atoms with E-state index in [1.165, 1.54) is 13.8 Å². The van der Waals surface area contributed by atoms with Crippen molar-refractivity contribution < 1.29 is 71.0 Å². The molecule has 0 aliphatic carbocycles. The molecule has 2 saturated heterocycles. The van der Waals surface area contributed by atoms with Crippen molar-refractivity contribution in [3.63, 3.8) is 0 Å². The van der Waals surface area contributed by atoms with Gasteiger partial charge in [-0.25, -0.2) is 4.79 Å². The number of imide groups is 1. The van der Waals surface area contributed by atoms with Crippen LogP contribution in [0.4, 0.5) is 0 Å². The summed E-state index contributed by atoms with van der Waals surface area (Å²) in [6.07, 6.45) is -1.08. The van der Waals surface area contributed by atoms with Crippen LogP contribution in [-0.2, 0) is 71.0 Å². The minimum absolute atomic E-state index is 0. The summed E-state index contributed by atoms with van der Waals surface area (Å²) in [6.45, 7) is 9.05. The molecule has 0 aromatic rings. The van der Waals surface area contributed by atoms with Gasteiger partial charge in [0, 0.05) is 59.0 Å². The second kappa shape index (κ2) is 13.7. The normalized spacial score (nSPS) is 26.5. The Bertz CT molecular complexity index is 790. The molecule has 0 aromatic carbocycles. The van der Waals surface area contributed by atoms with Crippen molar-refractivity contribution in [2.75, 3.05) is 13.2 Å². The Morgan fingerprint density at radius 2 is 1.83 bits per heavy atom. The van der Waals surface area contributed by atoms with Crippen LogP contribution in [0, 0.1) is 11.3 Å². The van der Waals surface area contributed by atoms with Gasteiger partial charge in [-0.3, -0.25) is 19.2 Å². The van der Waals surface area contributed by atoms with E-state index in [1.54, 1.807) is 0 Å². The molecule has 13 heteroatoms. The number of hydrogen-bond acceptors (Lipinski definition) is 8. The summed E-state index contributed by atoms with van der Waals surface area (Å²) >= 11 is 0. The summed E-state index contributed by atoms with van der Waals surface area (Å²) < 4.78 is 12.0. The summed E-state index contributed by atoms with van der Waals surface area (Å²) in [5.74, 6) is -2.55. The minimum Gasteiger partial charge on any atom is -0.667 e. The Hall–Kier alpha value is -1.47. The van der Waals surface area contributed by atoms with Crippen LogP contribution in [-0.4, -0.2) is 72.3 Å². The zero-order chi connectivity index (χ0) is 25.6. The Balaban J connectivity index is 0.00000612. The summed E-state index contributed by atoms with van der Waals surface area (Å²) in [4.78, 5) is 63.6. The van der Waals surface area contributed by atoms with Gasteiger partial charge in [-0.05, 0) is 17.8 Å². The van der Waals surface area contributed by atoms with E-state index in [2.05, 4.69) is 10.6 Å². The molecule has 2 fully saturated rings. The third-order valence-electron chi connectivity index (χ3n) is 6.35. The van der Waals surface area contributed by atoms with Gasteiger partial charge in [0.1, 0.15) is 0 Å². The maximum absolute atomic E-state index is 12.0. The van der Waals surface area contributed by atoms with Crippen molar-refractivity contribution >= 4 is 29.6 Å². The molecule has 0 saturated carbocycles. The molecular formula is C22H35N4O8Y-. The number of rotatable bonds is 10. The summed E-state index contributed by atoms with van der Waals surface area (Å²) in [5.41, 5.74) is 7.05. The third kappa shape index (κ3) is 8.56. The molecule has 0 bridgehead atoms. The van der Waals surface area contributed by atoms with Crippen LogP contribution < -0.4 is 10.6 Å². The van der Waals surface area contributed by atoms with Crippen molar-refractivity contribution in [1.82, 2.24) is 15.7 Å². The molecule has 2 rings (SSSR count). The maximum atomic E-state index is 12.0. The van der Waals surface area contributed by atoms with Crippen LogP contribution >= 0.6 is 0 Å². The van der Waals surface area contributed by atoms with E-state index >= 15 is 0 Å². The zero-order valence-corrected chi connectivity index (χ0v) is 23.8. The fraction of sp³-hybridized carbons (Fsp3) is 0.773. The van der Waals surface area contributed by atoms with Crippen LogP contribution in [0.15, 0.2) is 0 Å². The van der Waals surface area contributed by atoms with Crippen molar-refractivity contribution in [2.24, 2.45) is 11.3 Å². The number of hydrogen-bond donors (Lipinski definition) is 2. The zero-order valence-electron chi connectivity index (χ0n) is 20.9. The van der Waals surface area contributed by atoms with Gasteiger partial charge in [0.05, 0.1) is 25.2 Å². The van der Waals surface area contributed by atoms with E-state index in [1.807, 2.05) is 20.8 Å². The van der Waals surface area contributed by atoms with E-state index in [9.17, 15) is 24.0 Å². The van der Waals surface area contributed by atoms with E-state index in [-0.39, 0.29) is 83.4 Å². The van der Waals surface area contributed by atoms with Crippen LogP contribution in [0.1, 0.15) is 60.3 Å². The molecule has 2 heterocycles. The molecule has 5 unspecified atom stereocenters. The van der Waals surface area contributed by atoms with Crippen LogP contribution in [0.2, 0.25) is 0 Å². The molecular weight excluding hydrogens is 537 g/mol. The fourth-order valence-electron chi connectivity index (χ4n) is 3.89. The number of nitrogens with one attached hydrogen (secondary N) is 3. The molecule has 1 radical (unpaired) electrons. The van der Waals surface area contributed by atoms with E-state index in [0.717, 1.165) is 0 Å². The Kier molecular flexibility index (Phi) is 12.4. The van der Waals surface area contributed by atoms with Gasteiger partial charge in [-0.2, -0.15) is 0 Å². The second-order valence-corrected chi connectivity index (χ2v) is 9.32. The van der Waals surface area contributed by atoms with Gasteiger partial charge in [-0.1, -0.05) is 33.7 Å². The van der Waals surface area contributed by atoms with Gasteiger partial charge >= 0.3 is 5.97 Å². The molecule has 5 atom stereocenters. The molecule has 195 valence electrons. The van der Waals surface area contributed by atoms with Crippen molar-refractivity contribution in [1.29, 1.82) is 0 Å². The first-order chi connectivity index (χ1) is 15.8. The van der Waals surface area contributed by atoms with Crippen LogP contribution in [0.3, 0.4) is 0 Å². The predicted molar refractivity (Wildman–Crippen MR) is 118 cm³/mol. The maximum Gasteiger partial charge on any atom is 0.333 e. The molecule has 2 aliphatic rings. The van der Waals surface area contributed by atoms with E-state index < -0.39 is 53.6 Å². The summed E-state index contributed by atoms with van der Waals surface area (Å²) in [7, 11) is 0. The minimum atomic E-state index is -0.906. The smallest absolute Gasteiger partial charge is 0.333 e. The number of hydroxylamine groups is 2. The standard InChI is InChI=1S/C22H35N4O8.Y/c1-12-15(11-24-20(31)13(2)23)33-21(19(22(12,4)5)25-14(3)27)32-10-6-7-18(30)34-26-16(28)8-9-17(26)29;/h12-13,15,19,21,23H,6-11H2,1-5H3,(H,24,31)(H,25,27);/q-1;. The summed E-state index contributed by atoms with van der Waals surface area (Å²) in [5, 5.41) is 6.09. The van der Waals surface area contributed by atoms with Crippen LogP contribution in [0.5, 0.6) is 0 Å². The molecule has 12 nitrogen and oxygen atoms in total. The molecule has 3 N–H and O–H groups in total. The van der Waals surface area contributed by atoms with Gasteiger partial charge in [-0.15, -0.1) is 5.06 Å². The molecule has 35 heavy (non-hydrogen) atoms. The molecule has 0 spiro atoms. The first-order valence-electron chi connectivity index (χ1n) is 11.4. The number of ether oxygens (including phenoxy) is 2. The largest absolute Gasteiger partial charge is 0.667 e. The van der Waals surface area contributed by atoms with Crippen molar-refractivity contribution in [2.45, 2.75) is 84.8 Å².